The monoisotopic (exact) mass is 394 g/mol. The van der Waals surface area contributed by atoms with Gasteiger partial charge in [-0.2, -0.15) is 0 Å². The number of carbonyl (C=O) groups is 2. The van der Waals surface area contributed by atoms with E-state index in [2.05, 4.69) is 22.4 Å². The number of nitrogens with one attached hydrogen (secondary N) is 2. The third-order valence-electron chi connectivity index (χ3n) is 7.01. The van der Waals surface area contributed by atoms with Crippen LogP contribution in [-0.4, -0.2) is 45.8 Å². The number of aromatic nitrogens is 2. The maximum Gasteiger partial charge on any atom is 0.224 e. The molecule has 6 heteroatoms. The average Bonchev–Trinajstić information content (AvgIpc) is 3.50. The van der Waals surface area contributed by atoms with Crippen molar-refractivity contribution in [3.8, 4) is 0 Å². The van der Waals surface area contributed by atoms with E-state index >= 15 is 0 Å². The van der Waals surface area contributed by atoms with Crippen LogP contribution >= 0.6 is 0 Å². The summed E-state index contributed by atoms with van der Waals surface area (Å²) < 4.78 is 0. The molecule has 3 aliphatic rings. The van der Waals surface area contributed by atoms with Crippen molar-refractivity contribution in [3.05, 3.63) is 30.1 Å². The van der Waals surface area contributed by atoms with Crippen LogP contribution in [0.5, 0.6) is 0 Å². The van der Waals surface area contributed by atoms with Crippen LogP contribution in [0.4, 0.5) is 0 Å². The van der Waals surface area contributed by atoms with E-state index in [0.717, 1.165) is 61.9 Å². The molecule has 2 heterocycles. The number of carbonyl (C=O) groups excluding carboxylic acids is 2. The Morgan fingerprint density at radius 2 is 1.90 bits per heavy atom. The van der Waals surface area contributed by atoms with Crippen LogP contribution in [0.2, 0.25) is 0 Å². The first-order valence-electron chi connectivity index (χ1n) is 11.2. The lowest BCUT2D eigenvalue weighted by molar-refractivity contribution is -0.138. The maximum absolute atomic E-state index is 12.7. The van der Waals surface area contributed by atoms with Crippen LogP contribution in [0.25, 0.3) is 11.0 Å². The Bertz CT molecular complexity index is 862. The fourth-order valence-electron chi connectivity index (χ4n) is 5.02. The highest BCUT2D eigenvalue weighted by Gasteiger charge is 2.38. The number of hydrogen-bond acceptors (Lipinski definition) is 3. The van der Waals surface area contributed by atoms with Crippen molar-refractivity contribution in [2.45, 2.75) is 63.3 Å². The van der Waals surface area contributed by atoms with Crippen molar-refractivity contribution in [1.29, 1.82) is 0 Å². The molecule has 6 nitrogen and oxygen atoms in total. The van der Waals surface area contributed by atoms with Crippen LogP contribution in [0.15, 0.2) is 24.3 Å². The van der Waals surface area contributed by atoms with Gasteiger partial charge < -0.3 is 15.2 Å². The van der Waals surface area contributed by atoms with E-state index in [1.165, 1.54) is 0 Å². The number of fused-ring (bicyclic) bond motifs is 1. The minimum atomic E-state index is -0.0276. The molecule has 154 valence electrons. The number of rotatable bonds is 5. The van der Waals surface area contributed by atoms with Gasteiger partial charge in [-0.1, -0.05) is 12.1 Å². The van der Waals surface area contributed by atoms with Crippen molar-refractivity contribution in [2.75, 3.05) is 13.1 Å². The summed E-state index contributed by atoms with van der Waals surface area (Å²) >= 11 is 0. The number of benzene rings is 1. The van der Waals surface area contributed by atoms with E-state index in [9.17, 15) is 9.59 Å². The molecule has 1 atom stereocenters. The topological polar surface area (TPSA) is 78.1 Å². The third-order valence-corrected chi connectivity index (χ3v) is 7.01. The molecule has 0 radical (unpaired) electrons. The lowest BCUT2D eigenvalue weighted by Gasteiger charge is -2.33. The van der Waals surface area contributed by atoms with Gasteiger partial charge in [-0.25, -0.2) is 4.98 Å². The highest BCUT2D eigenvalue weighted by atomic mass is 16.2. The largest absolute Gasteiger partial charge is 0.356 e. The summed E-state index contributed by atoms with van der Waals surface area (Å²) in [5.74, 6) is 2.50. The first kappa shape index (κ1) is 18.6. The van der Waals surface area contributed by atoms with Gasteiger partial charge in [0.1, 0.15) is 5.82 Å². The molecular formula is C23H30N4O2. The number of amides is 2. The summed E-state index contributed by atoms with van der Waals surface area (Å²) in [5, 5.41) is 3.19. The van der Waals surface area contributed by atoms with Crippen molar-refractivity contribution in [3.63, 3.8) is 0 Å². The molecule has 3 fully saturated rings. The highest BCUT2D eigenvalue weighted by Crippen LogP contribution is 2.35. The van der Waals surface area contributed by atoms with Gasteiger partial charge in [0.05, 0.1) is 17.0 Å². The molecule has 0 spiro atoms. The SMILES string of the molecule is O=C(NCC1CCC(c2nc3ccccc3[nH]2)CC1)[C@H]1CCC(=O)N(C2CC2)C1. The summed E-state index contributed by atoms with van der Waals surface area (Å²) in [6.45, 7) is 1.38. The Morgan fingerprint density at radius 1 is 1.10 bits per heavy atom. The summed E-state index contributed by atoms with van der Waals surface area (Å²) in [6.07, 6.45) is 7.92. The predicted octanol–water partition coefficient (Wildman–Crippen LogP) is 3.35. The normalized spacial score (nSPS) is 27.9. The number of H-pyrrole nitrogens is 1. The quantitative estimate of drug-likeness (QED) is 0.816. The number of imidazole rings is 1. The van der Waals surface area contributed by atoms with Crippen LogP contribution < -0.4 is 5.32 Å². The Kier molecular flexibility index (Phi) is 5.02. The molecular weight excluding hydrogens is 364 g/mol. The van der Waals surface area contributed by atoms with Gasteiger partial charge in [-0.15, -0.1) is 0 Å². The average molecular weight is 395 g/mol. The van der Waals surface area contributed by atoms with Gasteiger partial charge in [-0.3, -0.25) is 9.59 Å². The van der Waals surface area contributed by atoms with Gasteiger partial charge in [-0.05, 0) is 63.0 Å². The van der Waals surface area contributed by atoms with E-state index in [-0.39, 0.29) is 17.7 Å². The lowest BCUT2D eigenvalue weighted by Crippen LogP contribution is -2.47. The number of nitrogens with zero attached hydrogens (tertiary/aromatic N) is 2. The van der Waals surface area contributed by atoms with Gasteiger partial charge in [0.15, 0.2) is 0 Å². The molecule has 2 N–H and O–H groups in total. The Labute approximate surface area is 171 Å². The fourth-order valence-corrected chi connectivity index (χ4v) is 5.02. The standard InChI is InChI=1S/C23H30N4O2/c28-21-12-9-17(14-27(21)18-10-11-18)23(29)24-13-15-5-7-16(8-6-15)22-25-19-3-1-2-4-20(19)26-22/h1-4,15-18H,5-14H2,(H,24,29)(H,25,26)/t15?,16?,17-/m0/s1. The fraction of sp³-hybridized carbons (Fsp3) is 0.609. The van der Waals surface area contributed by atoms with Crippen LogP contribution in [-0.2, 0) is 9.59 Å². The number of aromatic amines is 1. The second kappa shape index (κ2) is 7.81. The third kappa shape index (κ3) is 4.02. The van der Waals surface area contributed by atoms with Crippen molar-refractivity contribution < 1.29 is 9.59 Å². The second-order valence-electron chi connectivity index (χ2n) is 9.11. The van der Waals surface area contributed by atoms with E-state index in [0.29, 0.717) is 37.3 Å². The molecule has 29 heavy (non-hydrogen) atoms. The number of likely N-dealkylation sites (tertiary alicyclic amines) is 1. The molecule has 5 rings (SSSR count). The molecule has 2 aliphatic carbocycles. The molecule has 2 amide bonds. The summed E-state index contributed by atoms with van der Waals surface area (Å²) in [6, 6.07) is 8.61. The number of piperidine rings is 1. The van der Waals surface area contributed by atoms with E-state index in [4.69, 9.17) is 4.98 Å². The molecule has 1 aromatic heterocycles. The van der Waals surface area contributed by atoms with Crippen LogP contribution in [0.3, 0.4) is 0 Å². The van der Waals surface area contributed by atoms with Gasteiger partial charge >= 0.3 is 0 Å². The highest BCUT2D eigenvalue weighted by molar-refractivity contribution is 5.84. The smallest absolute Gasteiger partial charge is 0.224 e. The summed E-state index contributed by atoms with van der Waals surface area (Å²) in [4.78, 5) is 34.9. The summed E-state index contributed by atoms with van der Waals surface area (Å²) in [5.41, 5.74) is 2.16. The van der Waals surface area contributed by atoms with Crippen molar-refractivity contribution in [1.82, 2.24) is 20.2 Å². The Balaban J connectivity index is 1.09. The maximum atomic E-state index is 12.7. The molecule has 0 bridgehead atoms. The first-order valence-corrected chi connectivity index (χ1v) is 11.2. The zero-order valence-electron chi connectivity index (χ0n) is 16.9. The van der Waals surface area contributed by atoms with E-state index < -0.39 is 0 Å². The Morgan fingerprint density at radius 3 is 2.66 bits per heavy atom. The molecule has 1 aromatic carbocycles. The predicted molar refractivity (Wildman–Crippen MR) is 111 cm³/mol. The van der Waals surface area contributed by atoms with Gasteiger partial charge in [0, 0.05) is 31.5 Å². The van der Waals surface area contributed by atoms with E-state index in [1.54, 1.807) is 0 Å². The summed E-state index contributed by atoms with van der Waals surface area (Å²) in [7, 11) is 0. The van der Waals surface area contributed by atoms with E-state index in [1.807, 2.05) is 17.0 Å². The molecule has 0 unspecified atom stereocenters. The van der Waals surface area contributed by atoms with Crippen molar-refractivity contribution in [2.24, 2.45) is 11.8 Å². The van der Waals surface area contributed by atoms with Gasteiger partial charge in [0.25, 0.3) is 0 Å². The minimum Gasteiger partial charge on any atom is -0.356 e. The van der Waals surface area contributed by atoms with Crippen LogP contribution in [0, 0.1) is 11.8 Å². The zero-order valence-corrected chi connectivity index (χ0v) is 16.9. The first-order chi connectivity index (χ1) is 14.2. The molecule has 2 saturated carbocycles. The van der Waals surface area contributed by atoms with Crippen molar-refractivity contribution >= 4 is 22.8 Å². The minimum absolute atomic E-state index is 0.0276. The molecule has 1 aliphatic heterocycles. The van der Waals surface area contributed by atoms with Crippen LogP contribution in [0.1, 0.15) is 63.1 Å². The zero-order chi connectivity index (χ0) is 19.8. The number of hydrogen-bond donors (Lipinski definition) is 2. The Hall–Kier alpha value is -2.37. The van der Waals surface area contributed by atoms with Gasteiger partial charge in [0.2, 0.25) is 11.8 Å². The second-order valence-corrected chi connectivity index (χ2v) is 9.11. The molecule has 2 aromatic rings. The lowest BCUT2D eigenvalue weighted by atomic mass is 9.81. The molecule has 1 saturated heterocycles. The number of para-hydroxylation sites is 2.